The van der Waals surface area contributed by atoms with E-state index in [4.69, 9.17) is 9.47 Å². The fraction of sp³-hybridized carbons (Fsp3) is 0.281. The zero-order valence-electron chi connectivity index (χ0n) is 23.0. The van der Waals surface area contributed by atoms with Gasteiger partial charge in [0.25, 0.3) is 11.7 Å². The van der Waals surface area contributed by atoms with E-state index in [1.165, 1.54) is 17.0 Å². The van der Waals surface area contributed by atoms with Gasteiger partial charge in [0.1, 0.15) is 17.3 Å². The molecule has 1 heterocycles. The molecule has 1 aliphatic heterocycles. The molecule has 0 aromatic heterocycles. The zero-order valence-corrected chi connectivity index (χ0v) is 23.0. The molecule has 1 amide bonds. The maximum atomic E-state index is 13.4. The minimum atomic E-state index is -0.903. The number of phenolic OH excluding ortho intramolecular Hbond substituents is 1. The standard InChI is InChI=1S/C32H33NO7/c1-5-39-26-16-13-23(17-25(26)19(3)4)29(35)27-28(21-11-14-24(34)15-12-21)33(31(37)30(27)36)18-20-7-9-22(10-8-20)32(38)40-6-2/h7-17,19,28,34-35H,5-6,18H2,1-4H3/b29-27-. The predicted molar refractivity (Wildman–Crippen MR) is 150 cm³/mol. The molecule has 3 aromatic rings. The van der Waals surface area contributed by atoms with Crippen molar-refractivity contribution >= 4 is 23.4 Å². The number of benzene rings is 3. The molecule has 1 fully saturated rings. The van der Waals surface area contributed by atoms with Crippen LogP contribution in [0.3, 0.4) is 0 Å². The van der Waals surface area contributed by atoms with Gasteiger partial charge in [-0.25, -0.2) is 4.79 Å². The summed E-state index contributed by atoms with van der Waals surface area (Å²) in [5, 5.41) is 21.4. The molecule has 1 aliphatic rings. The molecule has 4 rings (SSSR count). The fourth-order valence-electron chi connectivity index (χ4n) is 4.79. The Morgan fingerprint density at radius 1 is 0.925 bits per heavy atom. The molecule has 0 radical (unpaired) electrons. The zero-order chi connectivity index (χ0) is 29.0. The van der Waals surface area contributed by atoms with E-state index in [-0.39, 0.29) is 36.2 Å². The first kappa shape index (κ1) is 28.4. The predicted octanol–water partition coefficient (Wildman–Crippen LogP) is 5.71. The number of aliphatic hydroxyl groups excluding tert-OH is 1. The Morgan fingerprint density at radius 2 is 1.57 bits per heavy atom. The third-order valence-electron chi connectivity index (χ3n) is 6.77. The van der Waals surface area contributed by atoms with Crippen molar-refractivity contribution in [2.24, 2.45) is 0 Å². The van der Waals surface area contributed by atoms with Crippen molar-refractivity contribution in [2.75, 3.05) is 13.2 Å². The number of carbonyl (C=O) groups excluding carboxylic acids is 3. The van der Waals surface area contributed by atoms with Crippen LogP contribution < -0.4 is 4.74 Å². The lowest BCUT2D eigenvalue weighted by Gasteiger charge is -2.25. The molecule has 3 aromatic carbocycles. The molecule has 0 aliphatic carbocycles. The van der Waals surface area contributed by atoms with Gasteiger partial charge in [0, 0.05) is 12.1 Å². The Bertz CT molecular complexity index is 1440. The number of rotatable bonds is 9. The number of Topliss-reactive ketones (excluding diaryl/α,β-unsaturated/α-hetero) is 1. The molecular formula is C32H33NO7. The summed E-state index contributed by atoms with van der Waals surface area (Å²) >= 11 is 0. The number of carbonyl (C=O) groups is 3. The van der Waals surface area contributed by atoms with Gasteiger partial charge >= 0.3 is 5.97 Å². The van der Waals surface area contributed by atoms with Crippen molar-refractivity contribution < 1.29 is 34.1 Å². The maximum absolute atomic E-state index is 13.4. The van der Waals surface area contributed by atoms with Crippen LogP contribution in [0.15, 0.2) is 72.3 Å². The van der Waals surface area contributed by atoms with Crippen LogP contribution in [0.1, 0.15) is 72.3 Å². The SMILES string of the molecule is CCOC(=O)c1ccc(CN2C(=O)C(=O)/C(=C(\O)c3ccc(OCC)c(C(C)C)c3)C2c2ccc(O)cc2)cc1. The second kappa shape index (κ2) is 12.1. The molecular weight excluding hydrogens is 510 g/mol. The lowest BCUT2D eigenvalue weighted by Crippen LogP contribution is -2.29. The van der Waals surface area contributed by atoms with E-state index < -0.39 is 23.7 Å². The Labute approximate surface area is 233 Å². The topological polar surface area (TPSA) is 113 Å². The molecule has 0 bridgehead atoms. The second-order valence-corrected chi connectivity index (χ2v) is 9.78. The highest BCUT2D eigenvalue weighted by atomic mass is 16.5. The van der Waals surface area contributed by atoms with E-state index in [2.05, 4.69) is 0 Å². The highest BCUT2D eigenvalue weighted by molar-refractivity contribution is 6.46. The van der Waals surface area contributed by atoms with E-state index in [1.807, 2.05) is 20.8 Å². The number of likely N-dealkylation sites (tertiary alicyclic amines) is 1. The number of esters is 1. The first-order chi connectivity index (χ1) is 19.2. The smallest absolute Gasteiger partial charge is 0.338 e. The monoisotopic (exact) mass is 543 g/mol. The number of phenols is 1. The Morgan fingerprint density at radius 3 is 2.17 bits per heavy atom. The number of ketones is 1. The molecule has 1 atom stereocenters. The van der Waals surface area contributed by atoms with Crippen molar-refractivity contribution in [3.63, 3.8) is 0 Å². The second-order valence-electron chi connectivity index (χ2n) is 9.78. The van der Waals surface area contributed by atoms with E-state index >= 15 is 0 Å². The number of nitrogens with zero attached hydrogens (tertiary/aromatic N) is 1. The van der Waals surface area contributed by atoms with Crippen molar-refractivity contribution in [3.8, 4) is 11.5 Å². The van der Waals surface area contributed by atoms with Gasteiger partial charge in [-0.05, 0) is 78.9 Å². The summed E-state index contributed by atoms with van der Waals surface area (Å²) in [4.78, 5) is 40.2. The third kappa shape index (κ3) is 5.71. The summed E-state index contributed by atoms with van der Waals surface area (Å²) in [5.41, 5.74) is 2.83. The van der Waals surface area contributed by atoms with Crippen LogP contribution in [0.25, 0.3) is 5.76 Å². The normalized spacial score (nSPS) is 16.4. The molecule has 1 unspecified atom stereocenters. The van der Waals surface area contributed by atoms with Crippen LogP contribution in [0, 0.1) is 0 Å². The van der Waals surface area contributed by atoms with Crippen LogP contribution in [-0.2, 0) is 20.9 Å². The molecule has 8 heteroatoms. The quantitative estimate of drug-likeness (QED) is 0.154. The van der Waals surface area contributed by atoms with Crippen molar-refractivity contribution in [1.29, 1.82) is 0 Å². The van der Waals surface area contributed by atoms with Gasteiger partial charge in [0.2, 0.25) is 0 Å². The number of ether oxygens (including phenoxy) is 2. The fourth-order valence-corrected chi connectivity index (χ4v) is 4.79. The molecule has 0 saturated carbocycles. The van der Waals surface area contributed by atoms with Crippen LogP contribution in [0.4, 0.5) is 0 Å². The summed E-state index contributed by atoms with van der Waals surface area (Å²) in [5.74, 6) is -1.50. The van der Waals surface area contributed by atoms with Crippen molar-refractivity contribution in [3.05, 3.63) is 100 Å². The van der Waals surface area contributed by atoms with Crippen LogP contribution in [0.2, 0.25) is 0 Å². The molecule has 8 nitrogen and oxygen atoms in total. The number of amides is 1. The van der Waals surface area contributed by atoms with Gasteiger partial charge < -0.3 is 24.6 Å². The average Bonchev–Trinajstić information content (AvgIpc) is 3.18. The highest BCUT2D eigenvalue weighted by Crippen LogP contribution is 2.41. The van der Waals surface area contributed by atoms with Gasteiger partial charge in [-0.2, -0.15) is 0 Å². The number of hydrogen-bond acceptors (Lipinski definition) is 7. The molecule has 2 N–H and O–H groups in total. The van der Waals surface area contributed by atoms with Crippen molar-refractivity contribution in [1.82, 2.24) is 4.90 Å². The van der Waals surface area contributed by atoms with E-state index in [0.717, 1.165) is 5.56 Å². The summed E-state index contributed by atoms with van der Waals surface area (Å²) in [6, 6.07) is 17.1. The third-order valence-corrected chi connectivity index (χ3v) is 6.77. The Balaban J connectivity index is 1.79. The van der Waals surface area contributed by atoms with E-state index in [0.29, 0.717) is 34.6 Å². The lowest BCUT2D eigenvalue weighted by molar-refractivity contribution is -0.140. The molecule has 0 spiro atoms. The molecule has 208 valence electrons. The first-order valence-corrected chi connectivity index (χ1v) is 13.3. The van der Waals surface area contributed by atoms with Gasteiger partial charge in [0.15, 0.2) is 0 Å². The number of aliphatic hydroxyl groups is 1. The van der Waals surface area contributed by atoms with Gasteiger partial charge in [-0.1, -0.05) is 38.1 Å². The molecule has 40 heavy (non-hydrogen) atoms. The van der Waals surface area contributed by atoms with E-state index in [9.17, 15) is 24.6 Å². The minimum absolute atomic E-state index is 0.0309. The van der Waals surface area contributed by atoms with Crippen LogP contribution >= 0.6 is 0 Å². The lowest BCUT2D eigenvalue weighted by atomic mass is 9.93. The number of hydrogen-bond donors (Lipinski definition) is 2. The van der Waals surface area contributed by atoms with Gasteiger partial charge in [-0.15, -0.1) is 0 Å². The highest BCUT2D eigenvalue weighted by Gasteiger charge is 2.46. The largest absolute Gasteiger partial charge is 0.508 e. The Hall–Kier alpha value is -4.59. The van der Waals surface area contributed by atoms with Gasteiger partial charge in [0.05, 0.1) is 30.4 Å². The number of aromatic hydroxyl groups is 1. The van der Waals surface area contributed by atoms with Crippen LogP contribution in [0.5, 0.6) is 11.5 Å². The first-order valence-electron chi connectivity index (χ1n) is 13.3. The van der Waals surface area contributed by atoms with Gasteiger partial charge in [-0.3, -0.25) is 9.59 Å². The summed E-state index contributed by atoms with van der Waals surface area (Å²) in [6.45, 7) is 8.42. The summed E-state index contributed by atoms with van der Waals surface area (Å²) < 4.78 is 10.8. The van der Waals surface area contributed by atoms with E-state index in [1.54, 1.807) is 61.5 Å². The Kier molecular flexibility index (Phi) is 8.58. The average molecular weight is 544 g/mol. The summed E-state index contributed by atoms with van der Waals surface area (Å²) in [7, 11) is 0. The summed E-state index contributed by atoms with van der Waals surface area (Å²) in [6.07, 6.45) is 0. The van der Waals surface area contributed by atoms with Crippen LogP contribution in [-0.4, -0.2) is 46.0 Å². The molecule has 1 saturated heterocycles. The minimum Gasteiger partial charge on any atom is -0.508 e. The van der Waals surface area contributed by atoms with Crippen molar-refractivity contribution in [2.45, 2.75) is 46.2 Å². The maximum Gasteiger partial charge on any atom is 0.338 e.